The molecule has 0 spiro atoms. The lowest BCUT2D eigenvalue weighted by Crippen LogP contribution is -2.25. The minimum atomic E-state index is 0.0267. The SMILES string of the molecule is COc1cccc(-c2cc(N3CC(CN)CC3=O)on2)c1. The van der Waals surface area contributed by atoms with E-state index < -0.39 is 0 Å². The van der Waals surface area contributed by atoms with Crippen molar-refractivity contribution in [2.24, 2.45) is 11.7 Å². The van der Waals surface area contributed by atoms with E-state index in [1.165, 1.54) is 0 Å². The Hall–Kier alpha value is -2.34. The number of benzene rings is 1. The molecular formula is C15H17N3O3. The van der Waals surface area contributed by atoms with Crippen LogP contribution in [0.3, 0.4) is 0 Å². The van der Waals surface area contributed by atoms with E-state index in [9.17, 15) is 4.79 Å². The Morgan fingerprint density at radius 3 is 3.05 bits per heavy atom. The third-order valence-corrected chi connectivity index (χ3v) is 3.67. The number of hydrogen-bond acceptors (Lipinski definition) is 5. The van der Waals surface area contributed by atoms with Crippen LogP contribution in [-0.2, 0) is 4.79 Å². The number of methoxy groups -OCH3 is 1. The first kappa shape index (κ1) is 13.6. The molecule has 6 heteroatoms. The van der Waals surface area contributed by atoms with Crippen LogP contribution in [0.4, 0.5) is 5.88 Å². The fourth-order valence-corrected chi connectivity index (χ4v) is 2.46. The van der Waals surface area contributed by atoms with Gasteiger partial charge in [0.1, 0.15) is 11.4 Å². The summed E-state index contributed by atoms with van der Waals surface area (Å²) in [7, 11) is 1.61. The average molecular weight is 287 g/mol. The minimum Gasteiger partial charge on any atom is -0.497 e. The molecule has 1 fully saturated rings. The molecule has 3 rings (SSSR count). The van der Waals surface area contributed by atoms with Gasteiger partial charge in [-0.1, -0.05) is 17.3 Å². The van der Waals surface area contributed by atoms with E-state index in [2.05, 4.69) is 5.16 Å². The van der Waals surface area contributed by atoms with Crippen molar-refractivity contribution in [3.8, 4) is 17.0 Å². The van der Waals surface area contributed by atoms with E-state index >= 15 is 0 Å². The van der Waals surface area contributed by atoms with Gasteiger partial charge in [0.05, 0.1) is 7.11 Å². The molecule has 1 aromatic heterocycles. The molecule has 1 aromatic carbocycles. The Morgan fingerprint density at radius 2 is 2.33 bits per heavy atom. The second kappa shape index (κ2) is 5.57. The van der Waals surface area contributed by atoms with Crippen molar-refractivity contribution in [3.63, 3.8) is 0 Å². The monoisotopic (exact) mass is 287 g/mol. The van der Waals surface area contributed by atoms with Gasteiger partial charge < -0.3 is 15.0 Å². The number of amides is 1. The summed E-state index contributed by atoms with van der Waals surface area (Å²) in [6, 6.07) is 9.30. The lowest BCUT2D eigenvalue weighted by molar-refractivity contribution is -0.117. The smallest absolute Gasteiger partial charge is 0.234 e. The van der Waals surface area contributed by atoms with Crippen LogP contribution >= 0.6 is 0 Å². The van der Waals surface area contributed by atoms with Crippen molar-refractivity contribution < 1.29 is 14.1 Å². The number of nitrogens with zero attached hydrogens (tertiary/aromatic N) is 2. The van der Waals surface area contributed by atoms with E-state index in [0.29, 0.717) is 31.1 Å². The number of carbonyl (C=O) groups is 1. The topological polar surface area (TPSA) is 81.6 Å². The van der Waals surface area contributed by atoms with Gasteiger partial charge in [0.2, 0.25) is 11.8 Å². The molecule has 1 saturated heterocycles. The number of nitrogens with two attached hydrogens (primary N) is 1. The third kappa shape index (κ3) is 2.62. The summed E-state index contributed by atoms with van der Waals surface area (Å²) in [4.78, 5) is 13.6. The van der Waals surface area contributed by atoms with Crippen LogP contribution in [0, 0.1) is 5.92 Å². The van der Waals surface area contributed by atoms with Crippen LogP contribution in [-0.4, -0.2) is 31.3 Å². The Kier molecular flexibility index (Phi) is 3.62. The molecular weight excluding hydrogens is 270 g/mol. The van der Waals surface area contributed by atoms with Gasteiger partial charge in [0, 0.05) is 24.6 Å². The number of anilines is 1. The van der Waals surface area contributed by atoms with E-state index in [4.69, 9.17) is 15.0 Å². The minimum absolute atomic E-state index is 0.0267. The summed E-state index contributed by atoms with van der Waals surface area (Å²) >= 11 is 0. The standard InChI is InChI=1S/C15H17N3O3/c1-20-12-4-2-3-11(6-12)13-7-15(21-17-13)18-9-10(8-16)5-14(18)19/h2-4,6-7,10H,5,8-9,16H2,1H3. The van der Waals surface area contributed by atoms with Crippen LogP contribution in [0.15, 0.2) is 34.9 Å². The molecule has 0 aliphatic carbocycles. The molecule has 1 aliphatic heterocycles. The van der Waals surface area contributed by atoms with Gasteiger partial charge in [-0.05, 0) is 24.6 Å². The highest BCUT2D eigenvalue weighted by atomic mass is 16.5. The van der Waals surface area contributed by atoms with Crippen LogP contribution in [0.1, 0.15) is 6.42 Å². The predicted molar refractivity (Wildman–Crippen MR) is 78.0 cm³/mol. The lowest BCUT2D eigenvalue weighted by atomic mass is 10.1. The van der Waals surface area contributed by atoms with Gasteiger partial charge in [-0.25, -0.2) is 0 Å². The first-order valence-electron chi connectivity index (χ1n) is 6.83. The summed E-state index contributed by atoms with van der Waals surface area (Å²) < 4.78 is 10.5. The van der Waals surface area contributed by atoms with Gasteiger partial charge in [0.25, 0.3) is 0 Å². The average Bonchev–Trinajstić information content (AvgIpc) is 3.13. The molecule has 1 aliphatic rings. The summed E-state index contributed by atoms with van der Waals surface area (Å²) in [5.41, 5.74) is 7.18. The number of ether oxygens (including phenoxy) is 1. The quantitative estimate of drug-likeness (QED) is 0.925. The number of carbonyl (C=O) groups excluding carboxylic acids is 1. The van der Waals surface area contributed by atoms with Gasteiger partial charge in [-0.2, -0.15) is 0 Å². The zero-order valence-electron chi connectivity index (χ0n) is 11.8. The Morgan fingerprint density at radius 1 is 1.48 bits per heavy atom. The lowest BCUT2D eigenvalue weighted by Gasteiger charge is -2.10. The largest absolute Gasteiger partial charge is 0.497 e. The van der Waals surface area contributed by atoms with E-state index in [1.807, 2.05) is 24.3 Å². The highest BCUT2D eigenvalue weighted by Gasteiger charge is 2.32. The summed E-state index contributed by atoms with van der Waals surface area (Å²) in [5, 5.41) is 4.04. The van der Waals surface area contributed by atoms with E-state index in [0.717, 1.165) is 11.3 Å². The number of hydrogen-bond donors (Lipinski definition) is 1. The Balaban J connectivity index is 1.85. The van der Waals surface area contributed by atoms with Gasteiger partial charge in [0.15, 0.2) is 0 Å². The maximum atomic E-state index is 12.0. The predicted octanol–water partition coefficient (Wildman–Crippen LogP) is 1.66. The normalized spacial score (nSPS) is 18.3. The highest BCUT2D eigenvalue weighted by molar-refractivity contribution is 5.94. The van der Waals surface area contributed by atoms with Crippen LogP contribution in [0.2, 0.25) is 0 Å². The molecule has 0 bridgehead atoms. The van der Waals surface area contributed by atoms with Crippen molar-refractivity contribution in [2.75, 3.05) is 25.1 Å². The van der Waals surface area contributed by atoms with Gasteiger partial charge in [-0.3, -0.25) is 9.69 Å². The summed E-state index contributed by atoms with van der Waals surface area (Å²) in [5.74, 6) is 1.42. The second-order valence-corrected chi connectivity index (χ2v) is 5.09. The summed E-state index contributed by atoms with van der Waals surface area (Å²) in [6.07, 6.45) is 0.464. The molecule has 0 saturated carbocycles. The molecule has 1 atom stereocenters. The van der Waals surface area contributed by atoms with E-state index in [1.54, 1.807) is 18.1 Å². The van der Waals surface area contributed by atoms with Crippen molar-refractivity contribution in [3.05, 3.63) is 30.3 Å². The molecule has 0 radical (unpaired) electrons. The third-order valence-electron chi connectivity index (χ3n) is 3.67. The van der Waals surface area contributed by atoms with Crippen molar-refractivity contribution >= 4 is 11.8 Å². The zero-order chi connectivity index (χ0) is 14.8. The molecule has 21 heavy (non-hydrogen) atoms. The van der Waals surface area contributed by atoms with Crippen molar-refractivity contribution in [1.29, 1.82) is 0 Å². The molecule has 1 amide bonds. The Labute approximate surface area is 122 Å². The summed E-state index contributed by atoms with van der Waals surface area (Å²) in [6.45, 7) is 1.08. The second-order valence-electron chi connectivity index (χ2n) is 5.09. The molecule has 1 unspecified atom stereocenters. The number of rotatable bonds is 4. The molecule has 110 valence electrons. The zero-order valence-corrected chi connectivity index (χ0v) is 11.8. The van der Waals surface area contributed by atoms with Gasteiger partial charge >= 0.3 is 0 Å². The van der Waals surface area contributed by atoms with Crippen LogP contribution in [0.5, 0.6) is 5.75 Å². The van der Waals surface area contributed by atoms with Gasteiger partial charge in [-0.15, -0.1) is 0 Å². The first-order chi connectivity index (χ1) is 10.2. The maximum absolute atomic E-state index is 12.0. The fourth-order valence-electron chi connectivity index (χ4n) is 2.46. The molecule has 2 aromatic rings. The molecule has 2 N–H and O–H groups in total. The van der Waals surface area contributed by atoms with Crippen molar-refractivity contribution in [1.82, 2.24) is 5.16 Å². The molecule has 6 nitrogen and oxygen atoms in total. The highest BCUT2D eigenvalue weighted by Crippen LogP contribution is 2.30. The Bertz CT molecular complexity index is 653. The van der Waals surface area contributed by atoms with Crippen LogP contribution in [0.25, 0.3) is 11.3 Å². The number of aromatic nitrogens is 1. The molecule has 2 heterocycles. The fraction of sp³-hybridized carbons (Fsp3) is 0.333. The van der Waals surface area contributed by atoms with Crippen LogP contribution < -0.4 is 15.4 Å². The van der Waals surface area contributed by atoms with E-state index in [-0.39, 0.29) is 11.8 Å². The first-order valence-corrected chi connectivity index (χ1v) is 6.83. The maximum Gasteiger partial charge on any atom is 0.234 e. The van der Waals surface area contributed by atoms with Crippen molar-refractivity contribution in [2.45, 2.75) is 6.42 Å².